The number of hydrogen-bond donors (Lipinski definition) is 2. The van der Waals surface area contributed by atoms with Crippen LogP contribution in [0.25, 0.3) is 0 Å². The third-order valence-electron chi connectivity index (χ3n) is 3.32. The van der Waals surface area contributed by atoms with Crippen molar-refractivity contribution in [3.05, 3.63) is 23.4 Å². The topological polar surface area (TPSA) is 96.5 Å². The zero-order valence-electron chi connectivity index (χ0n) is 10.8. The number of carboxylic acids is 1. The molecular weight excluding hydrogens is 246 g/mol. The second-order valence-corrected chi connectivity index (χ2v) is 4.84. The highest BCUT2D eigenvalue weighted by Gasteiger charge is 2.26. The number of nitrogens with two attached hydrogens (primary N) is 1. The van der Waals surface area contributed by atoms with Crippen molar-refractivity contribution in [1.29, 1.82) is 0 Å². The fourth-order valence-corrected chi connectivity index (χ4v) is 2.34. The molecule has 6 heteroatoms. The van der Waals surface area contributed by atoms with Crippen molar-refractivity contribution in [2.45, 2.75) is 19.8 Å². The highest BCUT2D eigenvalue weighted by atomic mass is 16.4. The Morgan fingerprint density at radius 2 is 2.21 bits per heavy atom. The number of piperidine rings is 1. The maximum absolute atomic E-state index is 11.2. The average Bonchev–Trinajstić information content (AvgIpc) is 2.38. The molecule has 1 fully saturated rings. The van der Waals surface area contributed by atoms with Gasteiger partial charge in [0.25, 0.3) is 0 Å². The van der Waals surface area contributed by atoms with Crippen molar-refractivity contribution in [2.75, 3.05) is 18.0 Å². The Bertz CT molecular complexity index is 516. The summed E-state index contributed by atoms with van der Waals surface area (Å²) in [5.41, 5.74) is 6.38. The average molecular weight is 263 g/mol. The number of carbonyl (C=O) groups is 2. The van der Waals surface area contributed by atoms with Gasteiger partial charge in [0.15, 0.2) is 0 Å². The van der Waals surface area contributed by atoms with Crippen molar-refractivity contribution < 1.29 is 14.7 Å². The van der Waals surface area contributed by atoms with Gasteiger partial charge in [0.1, 0.15) is 5.82 Å². The summed E-state index contributed by atoms with van der Waals surface area (Å²) >= 11 is 0. The number of aliphatic carboxylic acids is 1. The molecule has 0 bridgehead atoms. The first-order chi connectivity index (χ1) is 8.97. The molecule has 2 heterocycles. The van der Waals surface area contributed by atoms with E-state index in [1.165, 1.54) is 0 Å². The molecule has 1 aliphatic heterocycles. The molecule has 1 atom stereocenters. The second kappa shape index (κ2) is 5.26. The summed E-state index contributed by atoms with van der Waals surface area (Å²) in [6, 6.07) is 3.25. The highest BCUT2D eigenvalue weighted by Crippen LogP contribution is 2.23. The van der Waals surface area contributed by atoms with Gasteiger partial charge in [-0.15, -0.1) is 0 Å². The monoisotopic (exact) mass is 263 g/mol. The standard InChI is InChI=1S/C13H17N3O3/c1-8-5-10(12(14)17)6-11(15-8)16-4-2-3-9(7-16)13(18)19/h5-6,9H,2-4,7H2,1H3,(H2,14,17)(H,18,19). The summed E-state index contributed by atoms with van der Waals surface area (Å²) in [7, 11) is 0. The van der Waals surface area contributed by atoms with E-state index in [0.29, 0.717) is 30.0 Å². The number of hydrogen-bond acceptors (Lipinski definition) is 4. The third-order valence-corrected chi connectivity index (χ3v) is 3.32. The highest BCUT2D eigenvalue weighted by molar-refractivity contribution is 5.93. The van der Waals surface area contributed by atoms with Gasteiger partial charge in [-0.25, -0.2) is 4.98 Å². The SMILES string of the molecule is Cc1cc(C(N)=O)cc(N2CCCC(C(=O)O)C2)n1. The number of carboxylic acid groups (broad SMARTS) is 1. The molecule has 6 nitrogen and oxygen atoms in total. The third kappa shape index (κ3) is 3.01. The Balaban J connectivity index is 2.26. The quantitative estimate of drug-likeness (QED) is 0.840. The fourth-order valence-electron chi connectivity index (χ4n) is 2.34. The van der Waals surface area contributed by atoms with Crippen LogP contribution < -0.4 is 10.6 Å². The van der Waals surface area contributed by atoms with Gasteiger partial charge in [-0.2, -0.15) is 0 Å². The van der Waals surface area contributed by atoms with Gasteiger partial charge in [-0.1, -0.05) is 0 Å². The maximum atomic E-state index is 11.2. The van der Waals surface area contributed by atoms with Gasteiger partial charge in [-0.3, -0.25) is 9.59 Å². The van der Waals surface area contributed by atoms with Crippen LogP contribution in [0.5, 0.6) is 0 Å². The molecule has 1 aromatic rings. The number of amides is 1. The lowest BCUT2D eigenvalue weighted by Gasteiger charge is -2.31. The molecule has 0 saturated carbocycles. The van der Waals surface area contributed by atoms with Crippen LogP contribution in [0.15, 0.2) is 12.1 Å². The van der Waals surface area contributed by atoms with Crippen molar-refractivity contribution >= 4 is 17.7 Å². The predicted octanol–water partition coefficient (Wildman–Crippen LogP) is 0.790. The lowest BCUT2D eigenvalue weighted by Crippen LogP contribution is -2.39. The van der Waals surface area contributed by atoms with E-state index in [1.54, 1.807) is 19.1 Å². The van der Waals surface area contributed by atoms with E-state index >= 15 is 0 Å². The summed E-state index contributed by atoms with van der Waals surface area (Å²) in [5, 5.41) is 9.08. The predicted molar refractivity (Wildman–Crippen MR) is 70.1 cm³/mol. The Morgan fingerprint density at radius 3 is 2.84 bits per heavy atom. The summed E-state index contributed by atoms with van der Waals surface area (Å²) in [6.07, 6.45) is 1.48. The van der Waals surface area contributed by atoms with Gasteiger partial charge in [-0.05, 0) is 31.9 Å². The van der Waals surface area contributed by atoms with Crippen molar-refractivity contribution in [3.8, 4) is 0 Å². The summed E-state index contributed by atoms with van der Waals surface area (Å²) < 4.78 is 0. The van der Waals surface area contributed by atoms with Crippen LogP contribution in [0.3, 0.4) is 0 Å². The molecule has 19 heavy (non-hydrogen) atoms. The number of aryl methyl sites for hydroxylation is 1. The maximum Gasteiger partial charge on any atom is 0.308 e. The van der Waals surface area contributed by atoms with Gasteiger partial charge >= 0.3 is 5.97 Å². The molecule has 1 aromatic heterocycles. The minimum Gasteiger partial charge on any atom is -0.481 e. The molecule has 1 saturated heterocycles. The van der Waals surface area contributed by atoms with Crippen LogP contribution in [0.1, 0.15) is 28.9 Å². The smallest absolute Gasteiger partial charge is 0.308 e. The molecule has 0 spiro atoms. The molecule has 3 N–H and O–H groups in total. The number of anilines is 1. The number of pyridine rings is 1. The van der Waals surface area contributed by atoms with Crippen LogP contribution in [-0.2, 0) is 4.79 Å². The van der Waals surface area contributed by atoms with Crippen LogP contribution >= 0.6 is 0 Å². The number of aromatic nitrogens is 1. The molecule has 1 unspecified atom stereocenters. The van der Waals surface area contributed by atoms with Gasteiger partial charge in [0.05, 0.1) is 5.92 Å². The summed E-state index contributed by atoms with van der Waals surface area (Å²) in [6.45, 7) is 2.96. The Labute approximate surface area is 111 Å². The first-order valence-corrected chi connectivity index (χ1v) is 6.23. The number of nitrogens with zero attached hydrogens (tertiary/aromatic N) is 2. The molecule has 0 aliphatic carbocycles. The molecule has 2 rings (SSSR count). The van der Waals surface area contributed by atoms with Crippen LogP contribution in [-0.4, -0.2) is 35.1 Å². The van der Waals surface area contributed by atoms with Gasteiger partial charge in [0, 0.05) is 24.3 Å². The minimum atomic E-state index is -0.785. The molecule has 1 aliphatic rings. The Kier molecular flexibility index (Phi) is 3.69. The van der Waals surface area contributed by atoms with E-state index in [9.17, 15) is 9.59 Å². The number of primary amides is 1. The van der Waals surface area contributed by atoms with E-state index in [4.69, 9.17) is 10.8 Å². The first kappa shape index (κ1) is 13.3. The van der Waals surface area contributed by atoms with Gasteiger partial charge in [0.2, 0.25) is 5.91 Å². The number of carbonyl (C=O) groups excluding carboxylic acids is 1. The summed E-state index contributed by atoms with van der Waals surface area (Å²) in [4.78, 5) is 28.6. The lowest BCUT2D eigenvalue weighted by molar-refractivity contribution is -0.141. The van der Waals surface area contributed by atoms with Crippen LogP contribution in [0.2, 0.25) is 0 Å². The molecule has 102 valence electrons. The molecule has 0 aromatic carbocycles. The first-order valence-electron chi connectivity index (χ1n) is 6.23. The van der Waals surface area contributed by atoms with E-state index in [2.05, 4.69) is 4.98 Å². The molecule has 1 amide bonds. The van der Waals surface area contributed by atoms with Crippen LogP contribution in [0.4, 0.5) is 5.82 Å². The minimum absolute atomic E-state index is 0.381. The van der Waals surface area contributed by atoms with Crippen molar-refractivity contribution in [1.82, 2.24) is 4.98 Å². The number of rotatable bonds is 3. The van der Waals surface area contributed by atoms with E-state index in [1.807, 2.05) is 4.90 Å². The normalized spacial score (nSPS) is 19.2. The molecule has 0 radical (unpaired) electrons. The largest absolute Gasteiger partial charge is 0.481 e. The zero-order valence-corrected chi connectivity index (χ0v) is 10.8. The Morgan fingerprint density at radius 1 is 1.47 bits per heavy atom. The van der Waals surface area contributed by atoms with Crippen molar-refractivity contribution in [2.24, 2.45) is 11.7 Å². The van der Waals surface area contributed by atoms with E-state index in [0.717, 1.165) is 13.0 Å². The lowest BCUT2D eigenvalue weighted by atomic mass is 9.98. The summed E-state index contributed by atoms with van der Waals surface area (Å²) in [5.74, 6) is -1.04. The zero-order chi connectivity index (χ0) is 14.0. The Hall–Kier alpha value is -2.11. The van der Waals surface area contributed by atoms with E-state index in [-0.39, 0.29) is 5.92 Å². The van der Waals surface area contributed by atoms with Crippen molar-refractivity contribution in [3.63, 3.8) is 0 Å². The fraction of sp³-hybridized carbons (Fsp3) is 0.462. The second-order valence-electron chi connectivity index (χ2n) is 4.84. The van der Waals surface area contributed by atoms with E-state index < -0.39 is 11.9 Å². The molecular formula is C13H17N3O3. The van der Waals surface area contributed by atoms with Gasteiger partial charge < -0.3 is 15.7 Å². The van der Waals surface area contributed by atoms with Crippen LogP contribution in [0, 0.1) is 12.8 Å².